The molecule has 0 radical (unpaired) electrons. The molecule has 18 heavy (non-hydrogen) atoms. The van der Waals surface area contributed by atoms with Gasteiger partial charge in [0.25, 0.3) is 0 Å². The van der Waals surface area contributed by atoms with Crippen molar-refractivity contribution >= 4 is 5.69 Å². The molecule has 0 aliphatic rings. The zero-order valence-electron chi connectivity index (χ0n) is 10.2. The van der Waals surface area contributed by atoms with E-state index in [0.717, 1.165) is 5.69 Å². The molecule has 2 aromatic rings. The van der Waals surface area contributed by atoms with Crippen LogP contribution >= 0.6 is 0 Å². The molecule has 0 bridgehead atoms. The number of ether oxygens (including phenoxy) is 1. The van der Waals surface area contributed by atoms with Crippen molar-refractivity contribution in [2.24, 2.45) is 0 Å². The fraction of sp³-hybridized carbons (Fsp3) is 0.154. The van der Waals surface area contributed by atoms with Gasteiger partial charge in [0.2, 0.25) is 0 Å². The van der Waals surface area contributed by atoms with Crippen molar-refractivity contribution in [2.75, 3.05) is 19.0 Å². The minimum Gasteiger partial charge on any atom is -0.424 e. The lowest BCUT2D eigenvalue weighted by atomic mass is 10.3. The molecule has 0 amide bonds. The first kappa shape index (κ1) is 11.9. The first-order valence-electron chi connectivity index (χ1n) is 5.37. The van der Waals surface area contributed by atoms with E-state index in [4.69, 9.17) is 10.00 Å². The summed E-state index contributed by atoms with van der Waals surface area (Å²) in [6, 6.07) is 11.2. The molecule has 0 aliphatic heterocycles. The predicted octanol–water partition coefficient (Wildman–Crippen LogP) is 2.21. The second kappa shape index (κ2) is 5.15. The summed E-state index contributed by atoms with van der Waals surface area (Å²) in [5, 5.41) is 8.74. The summed E-state index contributed by atoms with van der Waals surface area (Å²) in [6.45, 7) is 0. The van der Waals surface area contributed by atoms with Crippen LogP contribution in [0.2, 0.25) is 0 Å². The summed E-state index contributed by atoms with van der Waals surface area (Å²) in [5.41, 5.74) is 1.30. The van der Waals surface area contributed by atoms with Gasteiger partial charge in [-0.1, -0.05) is 6.07 Å². The molecule has 1 heterocycles. The number of hydrogen-bond acceptors (Lipinski definition) is 5. The largest absolute Gasteiger partial charge is 0.424 e. The molecule has 0 aliphatic carbocycles. The number of benzene rings is 1. The Hall–Kier alpha value is -2.61. The van der Waals surface area contributed by atoms with Crippen molar-refractivity contribution in [3.05, 3.63) is 42.2 Å². The maximum Gasteiger partial charge on any atom is 0.323 e. The van der Waals surface area contributed by atoms with Gasteiger partial charge in [-0.25, -0.2) is 4.98 Å². The normalized spacial score (nSPS) is 9.61. The highest BCUT2D eigenvalue weighted by Crippen LogP contribution is 2.22. The average Bonchev–Trinajstić information content (AvgIpc) is 2.39. The fourth-order valence-electron chi connectivity index (χ4n) is 1.38. The van der Waals surface area contributed by atoms with Gasteiger partial charge in [0, 0.05) is 32.0 Å². The molecule has 0 saturated carbocycles. The molecule has 0 N–H and O–H groups in total. The Morgan fingerprint density at radius 3 is 2.83 bits per heavy atom. The molecular formula is C13H12N4O. The van der Waals surface area contributed by atoms with Gasteiger partial charge in [0.1, 0.15) is 17.5 Å². The van der Waals surface area contributed by atoms with E-state index >= 15 is 0 Å². The third-order valence-corrected chi connectivity index (χ3v) is 2.29. The lowest BCUT2D eigenvalue weighted by molar-refractivity contribution is 0.441. The van der Waals surface area contributed by atoms with Crippen LogP contribution in [0.25, 0.3) is 0 Å². The second-order valence-corrected chi connectivity index (χ2v) is 3.83. The van der Waals surface area contributed by atoms with Crippen LogP contribution in [-0.4, -0.2) is 24.1 Å². The average molecular weight is 240 g/mol. The first-order chi connectivity index (χ1) is 8.69. The van der Waals surface area contributed by atoms with E-state index in [1.807, 2.05) is 49.3 Å². The minimum absolute atomic E-state index is 0.171. The highest BCUT2D eigenvalue weighted by molar-refractivity contribution is 5.49. The van der Waals surface area contributed by atoms with E-state index in [9.17, 15) is 0 Å². The Bertz CT molecular complexity index is 590. The zero-order chi connectivity index (χ0) is 13.0. The molecule has 0 atom stereocenters. The second-order valence-electron chi connectivity index (χ2n) is 3.83. The van der Waals surface area contributed by atoms with E-state index in [0.29, 0.717) is 5.75 Å². The van der Waals surface area contributed by atoms with Crippen LogP contribution in [0.5, 0.6) is 11.8 Å². The molecule has 5 heteroatoms. The van der Waals surface area contributed by atoms with Crippen LogP contribution < -0.4 is 9.64 Å². The van der Waals surface area contributed by atoms with Crippen LogP contribution in [0, 0.1) is 11.3 Å². The van der Waals surface area contributed by atoms with E-state index in [2.05, 4.69) is 9.97 Å². The Kier molecular flexibility index (Phi) is 3.39. The topological polar surface area (TPSA) is 62.0 Å². The highest BCUT2D eigenvalue weighted by atomic mass is 16.5. The lowest BCUT2D eigenvalue weighted by Gasteiger charge is -2.13. The van der Waals surface area contributed by atoms with E-state index in [-0.39, 0.29) is 11.7 Å². The van der Waals surface area contributed by atoms with Crippen molar-refractivity contribution in [1.82, 2.24) is 9.97 Å². The Balaban J connectivity index is 2.23. The number of anilines is 1. The maximum atomic E-state index is 8.74. The van der Waals surface area contributed by atoms with Crippen molar-refractivity contribution in [2.45, 2.75) is 0 Å². The number of nitrogens with zero attached hydrogens (tertiary/aromatic N) is 4. The number of rotatable bonds is 3. The summed E-state index contributed by atoms with van der Waals surface area (Å²) < 4.78 is 5.51. The summed E-state index contributed by atoms with van der Waals surface area (Å²) in [6.07, 6.45) is 1.50. The molecule has 1 aromatic carbocycles. The van der Waals surface area contributed by atoms with Gasteiger partial charge in [0.05, 0.1) is 0 Å². The van der Waals surface area contributed by atoms with Crippen molar-refractivity contribution < 1.29 is 4.74 Å². The predicted molar refractivity (Wildman–Crippen MR) is 67.6 cm³/mol. The monoisotopic (exact) mass is 240 g/mol. The van der Waals surface area contributed by atoms with E-state index in [1.165, 1.54) is 12.3 Å². The van der Waals surface area contributed by atoms with Gasteiger partial charge in [-0.15, -0.1) is 0 Å². The molecule has 90 valence electrons. The molecular weight excluding hydrogens is 228 g/mol. The Morgan fingerprint density at radius 1 is 1.28 bits per heavy atom. The van der Waals surface area contributed by atoms with Crippen LogP contribution in [0.15, 0.2) is 36.5 Å². The van der Waals surface area contributed by atoms with E-state index in [1.54, 1.807) is 0 Å². The standard InChI is InChI=1S/C13H12N4O/c1-17(2)11-4-3-5-12(8-11)18-13-15-7-6-10(9-14)16-13/h3-8H,1-2H3. The van der Waals surface area contributed by atoms with Gasteiger partial charge in [-0.3, -0.25) is 0 Å². The molecule has 0 fully saturated rings. The smallest absolute Gasteiger partial charge is 0.323 e. The fourth-order valence-corrected chi connectivity index (χ4v) is 1.38. The first-order valence-corrected chi connectivity index (χ1v) is 5.37. The van der Waals surface area contributed by atoms with Gasteiger partial charge < -0.3 is 9.64 Å². The van der Waals surface area contributed by atoms with Gasteiger partial charge in [-0.05, 0) is 18.2 Å². The highest BCUT2D eigenvalue weighted by Gasteiger charge is 2.03. The summed E-state index contributed by atoms with van der Waals surface area (Å²) in [4.78, 5) is 9.88. The summed E-state index contributed by atoms with van der Waals surface area (Å²) in [7, 11) is 3.90. The molecule has 5 nitrogen and oxygen atoms in total. The van der Waals surface area contributed by atoms with Gasteiger partial charge in [-0.2, -0.15) is 10.2 Å². The minimum atomic E-state index is 0.171. The van der Waals surface area contributed by atoms with Gasteiger partial charge in [0.15, 0.2) is 0 Å². The van der Waals surface area contributed by atoms with Crippen molar-refractivity contribution in [1.29, 1.82) is 5.26 Å². The molecule has 0 unspecified atom stereocenters. The number of hydrogen-bond donors (Lipinski definition) is 0. The summed E-state index contributed by atoms with van der Waals surface area (Å²) >= 11 is 0. The Morgan fingerprint density at radius 2 is 2.11 bits per heavy atom. The number of nitriles is 1. The quantitative estimate of drug-likeness (QED) is 0.823. The molecule has 2 rings (SSSR count). The van der Waals surface area contributed by atoms with E-state index < -0.39 is 0 Å². The van der Waals surface area contributed by atoms with Crippen LogP contribution in [-0.2, 0) is 0 Å². The van der Waals surface area contributed by atoms with Crippen LogP contribution in [0.4, 0.5) is 5.69 Å². The summed E-state index contributed by atoms with van der Waals surface area (Å²) in [5.74, 6) is 0.635. The number of aromatic nitrogens is 2. The van der Waals surface area contributed by atoms with Crippen molar-refractivity contribution in [3.8, 4) is 17.8 Å². The molecule has 1 aromatic heterocycles. The molecule has 0 spiro atoms. The third-order valence-electron chi connectivity index (χ3n) is 2.29. The third kappa shape index (κ3) is 2.74. The SMILES string of the molecule is CN(C)c1cccc(Oc2nccc(C#N)n2)c1. The van der Waals surface area contributed by atoms with Crippen LogP contribution in [0.1, 0.15) is 5.69 Å². The Labute approximate surface area is 105 Å². The molecule has 0 saturated heterocycles. The maximum absolute atomic E-state index is 8.74. The van der Waals surface area contributed by atoms with Gasteiger partial charge >= 0.3 is 6.01 Å². The van der Waals surface area contributed by atoms with Crippen LogP contribution in [0.3, 0.4) is 0 Å². The zero-order valence-corrected chi connectivity index (χ0v) is 10.2. The van der Waals surface area contributed by atoms with Crippen molar-refractivity contribution in [3.63, 3.8) is 0 Å². The lowest BCUT2D eigenvalue weighted by Crippen LogP contribution is -2.08.